The van der Waals surface area contributed by atoms with Gasteiger partial charge in [0.05, 0.1) is 33.8 Å². The molecule has 0 aliphatic rings. The Morgan fingerprint density at radius 1 is 1.00 bits per heavy atom. The first-order chi connectivity index (χ1) is 12.0. The molecule has 0 spiro atoms. The molecule has 134 valence electrons. The predicted molar refractivity (Wildman–Crippen MR) is 97.5 cm³/mol. The predicted octanol–water partition coefficient (Wildman–Crippen LogP) is 3.44. The van der Waals surface area contributed by atoms with Crippen molar-refractivity contribution in [3.05, 3.63) is 53.1 Å². The fourth-order valence-corrected chi connectivity index (χ4v) is 2.65. The van der Waals surface area contributed by atoms with Crippen molar-refractivity contribution in [3.63, 3.8) is 0 Å². The molecule has 0 radical (unpaired) electrons. The van der Waals surface area contributed by atoms with Gasteiger partial charge in [0, 0.05) is 0 Å². The summed E-state index contributed by atoms with van der Waals surface area (Å²) < 4.78 is 16.0. The number of carbonyl (C=O) groups is 1. The lowest BCUT2D eigenvalue weighted by atomic mass is 10.1. The molecule has 5 nitrogen and oxygen atoms in total. The van der Waals surface area contributed by atoms with Gasteiger partial charge in [0.2, 0.25) is 11.7 Å². The van der Waals surface area contributed by atoms with Crippen LogP contribution in [0.1, 0.15) is 29.7 Å². The molecule has 1 N–H and O–H groups in total. The minimum Gasteiger partial charge on any atom is -0.493 e. The lowest BCUT2D eigenvalue weighted by molar-refractivity contribution is -0.121. The second kappa shape index (κ2) is 8.42. The summed E-state index contributed by atoms with van der Waals surface area (Å²) in [4.78, 5) is 12.4. The van der Waals surface area contributed by atoms with E-state index in [0.717, 1.165) is 11.1 Å². The molecule has 25 heavy (non-hydrogen) atoms. The highest BCUT2D eigenvalue weighted by atomic mass is 16.5. The molecule has 0 aliphatic carbocycles. The Kier molecular flexibility index (Phi) is 6.28. The topological polar surface area (TPSA) is 56.8 Å². The Hall–Kier alpha value is -2.69. The molecule has 1 unspecified atom stereocenters. The third-order valence-corrected chi connectivity index (χ3v) is 4.04. The van der Waals surface area contributed by atoms with Crippen LogP contribution in [0.5, 0.6) is 17.2 Å². The van der Waals surface area contributed by atoms with Crippen molar-refractivity contribution in [2.45, 2.75) is 26.3 Å². The third kappa shape index (κ3) is 4.66. The molecule has 1 atom stereocenters. The van der Waals surface area contributed by atoms with Crippen molar-refractivity contribution >= 4 is 5.91 Å². The number of ether oxygens (including phenoxy) is 3. The summed E-state index contributed by atoms with van der Waals surface area (Å²) in [7, 11) is 4.66. The van der Waals surface area contributed by atoms with Crippen LogP contribution in [-0.4, -0.2) is 27.2 Å². The van der Waals surface area contributed by atoms with Crippen LogP contribution in [0.3, 0.4) is 0 Å². The molecule has 0 saturated heterocycles. The van der Waals surface area contributed by atoms with E-state index in [4.69, 9.17) is 14.2 Å². The molecule has 2 aromatic rings. The van der Waals surface area contributed by atoms with E-state index < -0.39 is 0 Å². The maximum absolute atomic E-state index is 12.4. The van der Waals surface area contributed by atoms with Crippen molar-refractivity contribution in [3.8, 4) is 17.2 Å². The van der Waals surface area contributed by atoms with E-state index in [1.807, 2.05) is 38.1 Å². The van der Waals surface area contributed by atoms with Crippen molar-refractivity contribution in [1.82, 2.24) is 5.32 Å². The minimum absolute atomic E-state index is 0.0601. The van der Waals surface area contributed by atoms with E-state index in [9.17, 15) is 4.79 Å². The number of amides is 1. The largest absolute Gasteiger partial charge is 0.493 e. The smallest absolute Gasteiger partial charge is 0.224 e. The van der Waals surface area contributed by atoms with E-state index in [0.29, 0.717) is 17.2 Å². The molecule has 0 heterocycles. The third-order valence-electron chi connectivity index (χ3n) is 4.04. The maximum Gasteiger partial charge on any atom is 0.224 e. The van der Waals surface area contributed by atoms with Crippen LogP contribution in [0.15, 0.2) is 36.4 Å². The molecule has 0 saturated carbocycles. The molecule has 2 aromatic carbocycles. The summed E-state index contributed by atoms with van der Waals surface area (Å²) in [6.07, 6.45) is 0.229. The number of hydrogen-bond acceptors (Lipinski definition) is 4. The van der Waals surface area contributed by atoms with Crippen molar-refractivity contribution in [2.75, 3.05) is 21.3 Å². The molecule has 1 amide bonds. The van der Waals surface area contributed by atoms with E-state index in [1.54, 1.807) is 33.5 Å². The molecule has 5 heteroatoms. The number of methoxy groups -OCH3 is 3. The molecular weight excluding hydrogens is 318 g/mol. The molecule has 0 fully saturated rings. The lowest BCUT2D eigenvalue weighted by Crippen LogP contribution is -2.28. The van der Waals surface area contributed by atoms with Gasteiger partial charge in [0.15, 0.2) is 11.5 Å². The second-order valence-corrected chi connectivity index (χ2v) is 5.91. The monoisotopic (exact) mass is 343 g/mol. The van der Waals surface area contributed by atoms with Crippen LogP contribution in [0, 0.1) is 6.92 Å². The van der Waals surface area contributed by atoms with Gasteiger partial charge in [-0.25, -0.2) is 0 Å². The molecule has 0 bridgehead atoms. The van der Waals surface area contributed by atoms with Gasteiger partial charge in [0.1, 0.15) is 0 Å². The van der Waals surface area contributed by atoms with Crippen molar-refractivity contribution in [1.29, 1.82) is 0 Å². The zero-order valence-corrected chi connectivity index (χ0v) is 15.4. The Balaban J connectivity index is 2.10. The minimum atomic E-state index is -0.0673. The van der Waals surface area contributed by atoms with Crippen LogP contribution in [-0.2, 0) is 11.2 Å². The summed E-state index contributed by atoms with van der Waals surface area (Å²) in [5.74, 6) is 1.52. The Morgan fingerprint density at radius 2 is 1.56 bits per heavy atom. The first kappa shape index (κ1) is 18.6. The van der Waals surface area contributed by atoms with Crippen LogP contribution in [0.2, 0.25) is 0 Å². The van der Waals surface area contributed by atoms with E-state index >= 15 is 0 Å². The maximum atomic E-state index is 12.4. The number of carbonyl (C=O) groups excluding carboxylic acids is 1. The van der Waals surface area contributed by atoms with Crippen molar-refractivity contribution < 1.29 is 19.0 Å². The highest BCUT2D eigenvalue weighted by Crippen LogP contribution is 2.38. The average Bonchev–Trinajstić information content (AvgIpc) is 2.61. The fraction of sp³-hybridized carbons (Fsp3) is 0.350. The van der Waals surface area contributed by atoms with Gasteiger partial charge >= 0.3 is 0 Å². The van der Waals surface area contributed by atoms with Gasteiger partial charge in [-0.15, -0.1) is 0 Å². The summed E-state index contributed by atoms with van der Waals surface area (Å²) in [5.41, 5.74) is 3.06. The number of rotatable bonds is 7. The van der Waals surface area contributed by atoms with Crippen LogP contribution in [0.4, 0.5) is 0 Å². The quantitative estimate of drug-likeness (QED) is 0.837. The van der Waals surface area contributed by atoms with Gasteiger partial charge in [0.25, 0.3) is 0 Å². The van der Waals surface area contributed by atoms with Crippen LogP contribution >= 0.6 is 0 Å². The molecule has 2 rings (SSSR count). The van der Waals surface area contributed by atoms with Gasteiger partial charge in [-0.3, -0.25) is 4.79 Å². The molecular formula is C20H25NO4. The van der Waals surface area contributed by atoms with Gasteiger partial charge in [-0.2, -0.15) is 0 Å². The average molecular weight is 343 g/mol. The fourth-order valence-electron chi connectivity index (χ4n) is 2.65. The first-order valence-electron chi connectivity index (χ1n) is 8.13. The van der Waals surface area contributed by atoms with Gasteiger partial charge in [-0.1, -0.05) is 29.8 Å². The Bertz CT molecular complexity index is 700. The van der Waals surface area contributed by atoms with E-state index in [2.05, 4.69) is 5.32 Å². The number of benzene rings is 2. The summed E-state index contributed by atoms with van der Waals surface area (Å²) in [5, 5.41) is 3.02. The number of nitrogens with one attached hydrogen (secondary N) is 1. The summed E-state index contributed by atoms with van der Waals surface area (Å²) in [6.45, 7) is 4.01. The highest BCUT2D eigenvalue weighted by molar-refractivity contribution is 5.79. The van der Waals surface area contributed by atoms with Crippen molar-refractivity contribution in [2.24, 2.45) is 0 Å². The highest BCUT2D eigenvalue weighted by Gasteiger charge is 2.16. The standard InChI is InChI=1S/C20H25NO4/c1-13-6-8-16(9-7-13)14(2)21-19(22)12-15-10-17(23-3)20(25-5)18(11-15)24-4/h6-11,14H,12H2,1-5H3,(H,21,22). The van der Waals surface area contributed by atoms with Gasteiger partial charge < -0.3 is 19.5 Å². The zero-order chi connectivity index (χ0) is 18.4. The van der Waals surface area contributed by atoms with E-state index in [1.165, 1.54) is 5.56 Å². The first-order valence-corrected chi connectivity index (χ1v) is 8.13. The lowest BCUT2D eigenvalue weighted by Gasteiger charge is -2.16. The Morgan fingerprint density at radius 3 is 2.04 bits per heavy atom. The summed E-state index contributed by atoms with van der Waals surface area (Å²) in [6, 6.07) is 11.7. The van der Waals surface area contributed by atoms with E-state index in [-0.39, 0.29) is 18.4 Å². The zero-order valence-electron chi connectivity index (χ0n) is 15.4. The Labute approximate surface area is 148 Å². The number of aryl methyl sites for hydroxylation is 1. The van der Waals surface area contributed by atoms with Gasteiger partial charge in [-0.05, 0) is 37.1 Å². The van der Waals surface area contributed by atoms with Crippen LogP contribution in [0.25, 0.3) is 0 Å². The number of hydrogen-bond donors (Lipinski definition) is 1. The molecule has 0 aliphatic heterocycles. The van der Waals surface area contributed by atoms with Crippen LogP contribution < -0.4 is 19.5 Å². The normalized spacial score (nSPS) is 11.6. The second-order valence-electron chi connectivity index (χ2n) is 5.91. The molecule has 0 aromatic heterocycles. The SMILES string of the molecule is COc1cc(CC(=O)NC(C)c2ccc(C)cc2)cc(OC)c1OC. The summed E-state index contributed by atoms with van der Waals surface area (Å²) >= 11 is 0.